The van der Waals surface area contributed by atoms with Crippen molar-refractivity contribution < 1.29 is 14.3 Å². The van der Waals surface area contributed by atoms with Gasteiger partial charge in [-0.3, -0.25) is 4.79 Å². The van der Waals surface area contributed by atoms with E-state index < -0.39 is 0 Å². The van der Waals surface area contributed by atoms with E-state index in [1.165, 1.54) is 17.8 Å². The lowest BCUT2D eigenvalue weighted by atomic mass is 10.2. The molecule has 158 valence electrons. The molecule has 1 aromatic carbocycles. The van der Waals surface area contributed by atoms with E-state index in [0.717, 1.165) is 53.7 Å². The molecule has 0 radical (unpaired) electrons. The third kappa shape index (κ3) is 4.46. The topological polar surface area (TPSA) is 91.2 Å². The highest BCUT2D eigenvalue weighted by molar-refractivity contribution is 7.13. The molecule has 1 N–H and O–H groups in total. The molecule has 8 nitrogen and oxygen atoms in total. The molecule has 2 aromatic heterocycles. The van der Waals surface area contributed by atoms with Crippen LogP contribution in [0.4, 0.5) is 0 Å². The summed E-state index contributed by atoms with van der Waals surface area (Å²) in [5.41, 5.74) is 1.66. The van der Waals surface area contributed by atoms with Crippen LogP contribution in [0, 0.1) is 0 Å². The summed E-state index contributed by atoms with van der Waals surface area (Å²) in [7, 11) is 3.21. The standard InChI is InChI=1S/C21H25N5O3S/c1-28-16-8-7-14(10-17(16)29-2)21-23-15(13-30-21)11-20(27)22-12-19-25-24-18-6-4-3-5-9-26(18)19/h7-8,10,13H,3-6,9,11-12H2,1-2H3,(H,22,27). The molecule has 1 amide bonds. The van der Waals surface area contributed by atoms with Crippen LogP contribution in [0.1, 0.15) is 36.6 Å². The molecule has 0 saturated heterocycles. The number of benzene rings is 1. The van der Waals surface area contributed by atoms with Crippen molar-refractivity contribution in [2.45, 2.75) is 45.2 Å². The van der Waals surface area contributed by atoms with Crippen molar-refractivity contribution in [1.29, 1.82) is 0 Å². The summed E-state index contributed by atoms with van der Waals surface area (Å²) in [6.45, 7) is 1.31. The number of thiazole rings is 1. The Kier molecular flexibility index (Phi) is 6.27. The average Bonchev–Trinajstić information content (AvgIpc) is 3.31. The van der Waals surface area contributed by atoms with Crippen LogP contribution in [0.15, 0.2) is 23.6 Å². The number of aromatic nitrogens is 4. The zero-order chi connectivity index (χ0) is 20.9. The van der Waals surface area contributed by atoms with Crippen molar-refractivity contribution in [3.05, 3.63) is 40.9 Å². The minimum atomic E-state index is -0.0786. The van der Waals surface area contributed by atoms with Crippen LogP contribution in [-0.4, -0.2) is 39.9 Å². The highest BCUT2D eigenvalue weighted by atomic mass is 32.1. The second-order valence-corrected chi connectivity index (χ2v) is 8.02. The fraction of sp³-hybridized carbons (Fsp3) is 0.429. The van der Waals surface area contributed by atoms with Crippen LogP contribution in [-0.2, 0) is 30.7 Å². The van der Waals surface area contributed by atoms with Gasteiger partial charge in [-0.1, -0.05) is 6.42 Å². The largest absolute Gasteiger partial charge is 0.493 e. The molecule has 0 spiro atoms. The van der Waals surface area contributed by atoms with Crippen LogP contribution in [0.2, 0.25) is 0 Å². The van der Waals surface area contributed by atoms with Crippen molar-refractivity contribution >= 4 is 17.2 Å². The minimum absolute atomic E-state index is 0.0786. The molecule has 4 rings (SSSR count). The number of nitrogens with one attached hydrogen (secondary N) is 1. The fourth-order valence-electron chi connectivity index (χ4n) is 3.57. The summed E-state index contributed by atoms with van der Waals surface area (Å²) in [6.07, 6.45) is 4.67. The zero-order valence-electron chi connectivity index (χ0n) is 17.2. The van der Waals surface area contributed by atoms with E-state index in [9.17, 15) is 4.79 Å². The average molecular weight is 428 g/mol. The van der Waals surface area contributed by atoms with Crippen molar-refractivity contribution in [3.8, 4) is 22.1 Å². The van der Waals surface area contributed by atoms with Crippen LogP contribution in [0.3, 0.4) is 0 Å². The monoisotopic (exact) mass is 427 g/mol. The quantitative estimate of drug-likeness (QED) is 0.623. The summed E-state index contributed by atoms with van der Waals surface area (Å²) in [6, 6.07) is 5.67. The van der Waals surface area contributed by atoms with Crippen LogP contribution in [0.25, 0.3) is 10.6 Å². The number of amides is 1. The van der Waals surface area contributed by atoms with Gasteiger partial charge in [0, 0.05) is 23.9 Å². The molecule has 3 heterocycles. The van der Waals surface area contributed by atoms with E-state index in [0.29, 0.717) is 18.0 Å². The molecule has 0 atom stereocenters. The Morgan fingerprint density at radius 1 is 1.17 bits per heavy atom. The Balaban J connectivity index is 1.37. The highest BCUT2D eigenvalue weighted by Gasteiger charge is 2.16. The maximum Gasteiger partial charge on any atom is 0.226 e. The van der Waals surface area contributed by atoms with Gasteiger partial charge in [-0.25, -0.2) is 4.98 Å². The molecule has 0 unspecified atom stereocenters. The number of fused-ring (bicyclic) bond motifs is 1. The number of rotatable bonds is 7. The second kappa shape index (κ2) is 9.25. The van der Waals surface area contributed by atoms with Crippen LogP contribution >= 0.6 is 11.3 Å². The lowest BCUT2D eigenvalue weighted by Crippen LogP contribution is -2.26. The van der Waals surface area contributed by atoms with E-state index in [1.807, 2.05) is 23.6 Å². The smallest absolute Gasteiger partial charge is 0.226 e. The third-order valence-electron chi connectivity index (χ3n) is 5.15. The lowest BCUT2D eigenvalue weighted by molar-refractivity contribution is -0.120. The second-order valence-electron chi connectivity index (χ2n) is 7.16. The normalized spacial score (nSPS) is 13.4. The number of hydrogen-bond donors (Lipinski definition) is 1. The van der Waals surface area contributed by atoms with E-state index in [4.69, 9.17) is 9.47 Å². The first-order valence-corrected chi connectivity index (χ1v) is 10.9. The highest BCUT2D eigenvalue weighted by Crippen LogP contribution is 2.33. The van der Waals surface area contributed by atoms with Crippen molar-refractivity contribution in [2.75, 3.05) is 14.2 Å². The van der Waals surface area contributed by atoms with Gasteiger partial charge in [0.15, 0.2) is 17.3 Å². The molecule has 3 aromatic rings. The van der Waals surface area contributed by atoms with Gasteiger partial charge >= 0.3 is 0 Å². The van der Waals surface area contributed by atoms with E-state index in [2.05, 4.69) is 25.1 Å². The van der Waals surface area contributed by atoms with Crippen molar-refractivity contribution in [3.63, 3.8) is 0 Å². The minimum Gasteiger partial charge on any atom is -0.493 e. The molecule has 0 bridgehead atoms. The molecular formula is C21H25N5O3S. The predicted molar refractivity (Wildman–Crippen MR) is 114 cm³/mol. The van der Waals surface area contributed by atoms with Gasteiger partial charge in [0.1, 0.15) is 10.8 Å². The Morgan fingerprint density at radius 3 is 2.87 bits per heavy atom. The van der Waals surface area contributed by atoms with Gasteiger partial charge in [0.2, 0.25) is 5.91 Å². The molecular weight excluding hydrogens is 402 g/mol. The molecule has 0 aliphatic carbocycles. The van der Waals surface area contributed by atoms with Gasteiger partial charge in [0.05, 0.1) is 32.9 Å². The summed E-state index contributed by atoms with van der Waals surface area (Å²) in [4.78, 5) is 17.0. The van der Waals surface area contributed by atoms with Crippen LogP contribution in [0.5, 0.6) is 11.5 Å². The number of aryl methyl sites for hydroxylation is 1. The Morgan fingerprint density at radius 2 is 2.03 bits per heavy atom. The van der Waals surface area contributed by atoms with Gasteiger partial charge in [-0.2, -0.15) is 0 Å². The third-order valence-corrected chi connectivity index (χ3v) is 6.09. The molecule has 1 aliphatic rings. The first kappa shape index (κ1) is 20.3. The molecule has 0 fully saturated rings. The van der Waals surface area contributed by atoms with Gasteiger partial charge in [-0.15, -0.1) is 21.5 Å². The number of carbonyl (C=O) groups excluding carboxylic acids is 1. The zero-order valence-corrected chi connectivity index (χ0v) is 18.0. The molecule has 1 aliphatic heterocycles. The summed E-state index contributed by atoms with van der Waals surface area (Å²) >= 11 is 1.50. The predicted octanol–water partition coefficient (Wildman–Crippen LogP) is 3.00. The van der Waals surface area contributed by atoms with Crippen LogP contribution < -0.4 is 14.8 Å². The van der Waals surface area contributed by atoms with E-state index in [-0.39, 0.29) is 12.3 Å². The molecule has 9 heteroatoms. The Hall–Kier alpha value is -2.94. The summed E-state index contributed by atoms with van der Waals surface area (Å²) in [5.74, 6) is 3.09. The number of hydrogen-bond acceptors (Lipinski definition) is 7. The Labute approximate surface area is 179 Å². The number of ether oxygens (including phenoxy) is 2. The van der Waals surface area contributed by atoms with Gasteiger partial charge < -0.3 is 19.4 Å². The van der Waals surface area contributed by atoms with Gasteiger partial charge in [-0.05, 0) is 31.0 Å². The lowest BCUT2D eigenvalue weighted by Gasteiger charge is -2.08. The molecule has 30 heavy (non-hydrogen) atoms. The first-order valence-electron chi connectivity index (χ1n) is 10.0. The summed E-state index contributed by atoms with van der Waals surface area (Å²) < 4.78 is 12.8. The number of methoxy groups -OCH3 is 2. The van der Waals surface area contributed by atoms with E-state index >= 15 is 0 Å². The van der Waals surface area contributed by atoms with E-state index in [1.54, 1.807) is 14.2 Å². The summed E-state index contributed by atoms with van der Waals surface area (Å²) in [5, 5.41) is 14.2. The number of carbonyl (C=O) groups is 1. The SMILES string of the molecule is COc1ccc(-c2nc(CC(=O)NCc3nnc4n3CCCCC4)cs2)cc1OC. The van der Waals surface area contributed by atoms with Crippen molar-refractivity contribution in [2.24, 2.45) is 0 Å². The van der Waals surface area contributed by atoms with Crippen molar-refractivity contribution in [1.82, 2.24) is 25.1 Å². The molecule has 0 saturated carbocycles. The maximum absolute atomic E-state index is 12.4. The Bertz CT molecular complexity index is 1030. The maximum atomic E-state index is 12.4. The van der Waals surface area contributed by atoms with Gasteiger partial charge in [0.25, 0.3) is 0 Å². The first-order chi connectivity index (χ1) is 14.7. The number of nitrogens with zero attached hydrogens (tertiary/aromatic N) is 4. The fourth-order valence-corrected chi connectivity index (χ4v) is 4.39.